The number of rotatable bonds is 4. The topological polar surface area (TPSA) is 50.5 Å². The smallest absolute Gasteiger partial charge is 0.299 e. The van der Waals surface area contributed by atoms with E-state index in [0.717, 1.165) is 43.0 Å². The molecule has 1 fully saturated rings. The maximum absolute atomic E-state index is 12.0. The van der Waals surface area contributed by atoms with Crippen molar-refractivity contribution in [3.8, 4) is 0 Å². The van der Waals surface area contributed by atoms with Crippen molar-refractivity contribution in [1.29, 1.82) is 0 Å². The standard InChI is InChI=1S/C16H22N4O2S/c1-17-14(9-15(21)18(2)16(17)22)11-20-6-4-19(5-7-20)10-13-3-8-23-12-13/h3,8-9,12H,4-7,10-11H2,1-2H3. The van der Waals surface area contributed by atoms with Crippen molar-refractivity contribution in [3.05, 3.63) is 55.0 Å². The molecule has 6 nitrogen and oxygen atoms in total. The van der Waals surface area contributed by atoms with Crippen molar-refractivity contribution in [3.63, 3.8) is 0 Å². The van der Waals surface area contributed by atoms with E-state index in [9.17, 15) is 9.59 Å². The quantitative estimate of drug-likeness (QED) is 0.815. The molecule has 0 aliphatic carbocycles. The van der Waals surface area contributed by atoms with Gasteiger partial charge < -0.3 is 0 Å². The molecule has 0 unspecified atom stereocenters. The molecule has 1 aliphatic heterocycles. The Kier molecular flexibility index (Phi) is 4.79. The van der Waals surface area contributed by atoms with Gasteiger partial charge in [0.2, 0.25) is 0 Å². The Balaban J connectivity index is 1.61. The van der Waals surface area contributed by atoms with Crippen molar-refractivity contribution in [1.82, 2.24) is 18.9 Å². The van der Waals surface area contributed by atoms with Gasteiger partial charge in [-0.15, -0.1) is 0 Å². The summed E-state index contributed by atoms with van der Waals surface area (Å²) < 4.78 is 2.71. The molecule has 0 saturated carbocycles. The fraction of sp³-hybridized carbons (Fsp3) is 0.500. The summed E-state index contributed by atoms with van der Waals surface area (Å²) in [6.07, 6.45) is 0. The van der Waals surface area contributed by atoms with Crippen LogP contribution in [-0.4, -0.2) is 45.1 Å². The Morgan fingerprint density at radius 3 is 2.26 bits per heavy atom. The number of nitrogens with zero attached hydrogens (tertiary/aromatic N) is 4. The second-order valence-corrected chi connectivity index (χ2v) is 6.84. The molecule has 3 rings (SSSR count). The summed E-state index contributed by atoms with van der Waals surface area (Å²) >= 11 is 1.73. The molecule has 0 N–H and O–H groups in total. The van der Waals surface area contributed by atoms with Gasteiger partial charge in [0.05, 0.1) is 0 Å². The molecule has 0 amide bonds. The molecule has 2 aromatic heterocycles. The van der Waals surface area contributed by atoms with Gasteiger partial charge in [-0.2, -0.15) is 11.3 Å². The Morgan fingerprint density at radius 1 is 1.00 bits per heavy atom. The second-order valence-electron chi connectivity index (χ2n) is 6.06. The summed E-state index contributed by atoms with van der Waals surface area (Å²) in [6, 6.07) is 3.74. The predicted molar refractivity (Wildman–Crippen MR) is 91.8 cm³/mol. The normalized spacial score (nSPS) is 16.8. The van der Waals surface area contributed by atoms with Crippen LogP contribution >= 0.6 is 11.3 Å². The van der Waals surface area contributed by atoms with E-state index in [-0.39, 0.29) is 11.2 Å². The van der Waals surface area contributed by atoms with Crippen LogP contribution in [0.15, 0.2) is 32.5 Å². The van der Waals surface area contributed by atoms with Gasteiger partial charge in [0.25, 0.3) is 5.56 Å². The van der Waals surface area contributed by atoms with Crippen LogP contribution in [0.25, 0.3) is 0 Å². The van der Waals surface area contributed by atoms with E-state index in [4.69, 9.17) is 0 Å². The van der Waals surface area contributed by atoms with Crippen molar-refractivity contribution in [2.24, 2.45) is 14.1 Å². The zero-order valence-electron chi connectivity index (χ0n) is 13.6. The Bertz CT molecular complexity index is 770. The molecule has 0 bridgehead atoms. The highest BCUT2D eigenvalue weighted by Gasteiger charge is 2.18. The summed E-state index contributed by atoms with van der Waals surface area (Å²) in [7, 11) is 3.24. The van der Waals surface area contributed by atoms with Crippen LogP contribution < -0.4 is 11.2 Å². The summed E-state index contributed by atoms with van der Waals surface area (Å²) in [5, 5.41) is 4.31. The Hall–Kier alpha value is -1.70. The van der Waals surface area contributed by atoms with E-state index >= 15 is 0 Å². The molecule has 1 saturated heterocycles. The molecule has 3 heterocycles. The van der Waals surface area contributed by atoms with E-state index in [0.29, 0.717) is 6.54 Å². The molecule has 23 heavy (non-hydrogen) atoms. The lowest BCUT2D eigenvalue weighted by Crippen LogP contribution is -2.46. The first kappa shape index (κ1) is 16.2. The van der Waals surface area contributed by atoms with Gasteiger partial charge in [0.15, 0.2) is 0 Å². The highest BCUT2D eigenvalue weighted by Crippen LogP contribution is 2.12. The minimum atomic E-state index is -0.261. The lowest BCUT2D eigenvalue weighted by atomic mass is 10.2. The van der Waals surface area contributed by atoms with Crippen LogP contribution in [0.4, 0.5) is 0 Å². The van der Waals surface area contributed by atoms with Gasteiger partial charge in [-0.1, -0.05) is 0 Å². The average molecular weight is 334 g/mol. The van der Waals surface area contributed by atoms with Gasteiger partial charge >= 0.3 is 5.69 Å². The minimum absolute atomic E-state index is 0.237. The average Bonchev–Trinajstić information content (AvgIpc) is 3.05. The van der Waals surface area contributed by atoms with Crippen LogP contribution in [0.3, 0.4) is 0 Å². The summed E-state index contributed by atoms with van der Waals surface area (Å²) in [6.45, 7) is 5.57. The van der Waals surface area contributed by atoms with Gasteiger partial charge in [0.1, 0.15) is 0 Å². The number of aromatic nitrogens is 2. The summed E-state index contributed by atoms with van der Waals surface area (Å²) in [5.41, 5.74) is 1.66. The van der Waals surface area contributed by atoms with E-state index in [1.807, 2.05) is 0 Å². The third-order valence-electron chi connectivity index (χ3n) is 4.46. The first-order valence-corrected chi connectivity index (χ1v) is 8.70. The van der Waals surface area contributed by atoms with E-state index < -0.39 is 0 Å². The SMILES string of the molecule is Cn1c(CN2CCN(Cc3ccsc3)CC2)cc(=O)n(C)c1=O. The molecule has 0 aromatic carbocycles. The third-order valence-corrected chi connectivity index (χ3v) is 5.19. The second kappa shape index (κ2) is 6.82. The fourth-order valence-corrected chi connectivity index (χ4v) is 3.57. The van der Waals surface area contributed by atoms with E-state index in [1.165, 1.54) is 12.6 Å². The summed E-state index contributed by atoms with van der Waals surface area (Å²) in [5.74, 6) is 0. The van der Waals surface area contributed by atoms with Crippen LogP contribution in [-0.2, 0) is 27.2 Å². The largest absolute Gasteiger partial charge is 0.330 e. The maximum Gasteiger partial charge on any atom is 0.330 e. The molecule has 0 atom stereocenters. The van der Waals surface area contributed by atoms with Gasteiger partial charge in [-0.05, 0) is 22.4 Å². The summed E-state index contributed by atoms with van der Waals surface area (Å²) in [4.78, 5) is 28.5. The predicted octanol–water partition coefficient (Wildman–Crippen LogP) is 0.463. The molecular weight excluding hydrogens is 312 g/mol. The van der Waals surface area contributed by atoms with E-state index in [1.54, 1.807) is 29.0 Å². The van der Waals surface area contributed by atoms with Gasteiger partial charge in [-0.3, -0.25) is 23.7 Å². The van der Waals surface area contributed by atoms with Gasteiger partial charge in [-0.25, -0.2) is 4.79 Å². The first-order chi connectivity index (χ1) is 11.0. The zero-order chi connectivity index (χ0) is 16.4. The van der Waals surface area contributed by atoms with Crippen LogP contribution in [0.5, 0.6) is 0 Å². The van der Waals surface area contributed by atoms with Crippen molar-refractivity contribution < 1.29 is 0 Å². The van der Waals surface area contributed by atoms with Crippen LogP contribution in [0.2, 0.25) is 0 Å². The van der Waals surface area contributed by atoms with Gasteiger partial charge in [0, 0.05) is 65.1 Å². The number of hydrogen-bond acceptors (Lipinski definition) is 5. The highest BCUT2D eigenvalue weighted by molar-refractivity contribution is 7.07. The third kappa shape index (κ3) is 3.63. The molecule has 2 aromatic rings. The molecular formula is C16H22N4O2S. The maximum atomic E-state index is 12.0. The fourth-order valence-electron chi connectivity index (χ4n) is 2.91. The Morgan fingerprint density at radius 2 is 1.65 bits per heavy atom. The molecule has 0 spiro atoms. The molecule has 7 heteroatoms. The van der Waals surface area contributed by atoms with Crippen molar-refractivity contribution in [2.75, 3.05) is 26.2 Å². The highest BCUT2D eigenvalue weighted by atomic mass is 32.1. The van der Waals surface area contributed by atoms with E-state index in [2.05, 4.69) is 26.6 Å². The number of hydrogen-bond donors (Lipinski definition) is 0. The molecule has 124 valence electrons. The number of piperazine rings is 1. The monoisotopic (exact) mass is 334 g/mol. The zero-order valence-corrected chi connectivity index (χ0v) is 14.4. The number of thiophene rings is 1. The van der Waals surface area contributed by atoms with Crippen molar-refractivity contribution in [2.45, 2.75) is 13.1 Å². The van der Waals surface area contributed by atoms with Crippen LogP contribution in [0.1, 0.15) is 11.3 Å². The minimum Gasteiger partial charge on any atom is -0.299 e. The first-order valence-electron chi connectivity index (χ1n) is 7.76. The van der Waals surface area contributed by atoms with Crippen LogP contribution in [0, 0.1) is 0 Å². The molecule has 1 aliphatic rings. The lowest BCUT2D eigenvalue weighted by molar-refractivity contribution is 0.120. The molecule has 0 radical (unpaired) electrons. The lowest BCUT2D eigenvalue weighted by Gasteiger charge is -2.34. The van der Waals surface area contributed by atoms with Crippen molar-refractivity contribution >= 4 is 11.3 Å². The Labute approximate surface area is 139 Å².